The van der Waals surface area contributed by atoms with E-state index in [-0.39, 0.29) is 35.3 Å². The summed E-state index contributed by atoms with van der Waals surface area (Å²) in [6, 6.07) is 2.26. The van der Waals surface area contributed by atoms with E-state index in [1.807, 2.05) is 0 Å². The van der Waals surface area contributed by atoms with Crippen molar-refractivity contribution >= 4 is 15.7 Å². The van der Waals surface area contributed by atoms with Crippen molar-refractivity contribution < 1.29 is 17.9 Å². The number of nitrogens with zero attached hydrogens (tertiary/aromatic N) is 1. The highest BCUT2D eigenvalue weighted by atomic mass is 32.2. The SMILES string of the molecule is Cc1c(F)cc(N)cc1S(=O)(=O)N(CCO)C1CCCC1. The molecule has 5 nitrogen and oxygen atoms in total. The van der Waals surface area contributed by atoms with Gasteiger partial charge in [-0.05, 0) is 31.9 Å². The van der Waals surface area contributed by atoms with Crippen molar-refractivity contribution in [3.8, 4) is 0 Å². The van der Waals surface area contributed by atoms with Crippen molar-refractivity contribution in [2.45, 2.75) is 43.5 Å². The third kappa shape index (κ3) is 3.20. The minimum absolute atomic E-state index is 0.0167. The van der Waals surface area contributed by atoms with Crippen LogP contribution in [-0.4, -0.2) is 37.0 Å². The maximum Gasteiger partial charge on any atom is 0.243 e. The second-order valence-corrected chi connectivity index (χ2v) is 7.26. The van der Waals surface area contributed by atoms with Gasteiger partial charge in [0.15, 0.2) is 0 Å². The molecule has 0 heterocycles. The van der Waals surface area contributed by atoms with E-state index in [0.717, 1.165) is 31.7 Å². The first-order valence-electron chi connectivity index (χ1n) is 7.06. The van der Waals surface area contributed by atoms with Gasteiger partial charge in [-0.2, -0.15) is 4.31 Å². The molecular formula is C14H21FN2O3S. The van der Waals surface area contributed by atoms with E-state index < -0.39 is 15.8 Å². The molecule has 1 aromatic carbocycles. The highest BCUT2D eigenvalue weighted by molar-refractivity contribution is 7.89. The first-order chi connectivity index (χ1) is 9.87. The van der Waals surface area contributed by atoms with Crippen LogP contribution in [-0.2, 0) is 10.0 Å². The lowest BCUT2D eigenvalue weighted by Crippen LogP contribution is -2.41. The average molecular weight is 316 g/mol. The van der Waals surface area contributed by atoms with Crippen molar-refractivity contribution in [1.82, 2.24) is 4.31 Å². The van der Waals surface area contributed by atoms with Gasteiger partial charge in [-0.3, -0.25) is 0 Å². The highest BCUT2D eigenvalue weighted by Crippen LogP contribution is 2.31. The van der Waals surface area contributed by atoms with Crippen LogP contribution in [0.2, 0.25) is 0 Å². The van der Waals surface area contributed by atoms with Crippen LogP contribution in [0.1, 0.15) is 31.2 Å². The summed E-state index contributed by atoms with van der Waals surface area (Å²) >= 11 is 0. The van der Waals surface area contributed by atoms with Gasteiger partial charge in [-0.25, -0.2) is 12.8 Å². The zero-order valence-electron chi connectivity index (χ0n) is 12.0. The lowest BCUT2D eigenvalue weighted by atomic mass is 10.2. The number of rotatable bonds is 5. The second-order valence-electron chi connectivity index (χ2n) is 5.40. The number of benzene rings is 1. The molecule has 0 unspecified atom stereocenters. The van der Waals surface area contributed by atoms with E-state index in [1.165, 1.54) is 17.3 Å². The van der Waals surface area contributed by atoms with Gasteiger partial charge < -0.3 is 10.8 Å². The highest BCUT2D eigenvalue weighted by Gasteiger charge is 2.34. The Morgan fingerprint density at radius 3 is 2.57 bits per heavy atom. The summed E-state index contributed by atoms with van der Waals surface area (Å²) < 4.78 is 40.7. The average Bonchev–Trinajstić information content (AvgIpc) is 2.93. The van der Waals surface area contributed by atoms with Crippen LogP contribution in [0.3, 0.4) is 0 Å². The predicted molar refractivity (Wildman–Crippen MR) is 78.8 cm³/mol. The molecule has 0 saturated heterocycles. The number of nitrogen functional groups attached to an aromatic ring is 1. The monoisotopic (exact) mass is 316 g/mol. The topological polar surface area (TPSA) is 83.6 Å². The minimum Gasteiger partial charge on any atom is -0.399 e. The van der Waals surface area contributed by atoms with Crippen LogP contribution in [0.25, 0.3) is 0 Å². The van der Waals surface area contributed by atoms with Crippen molar-refractivity contribution in [3.05, 3.63) is 23.5 Å². The first-order valence-corrected chi connectivity index (χ1v) is 8.50. The van der Waals surface area contributed by atoms with E-state index in [2.05, 4.69) is 0 Å². The molecule has 118 valence electrons. The van der Waals surface area contributed by atoms with Crippen LogP contribution >= 0.6 is 0 Å². The van der Waals surface area contributed by atoms with Gasteiger partial charge in [0.05, 0.1) is 11.5 Å². The molecule has 0 atom stereocenters. The Hall–Kier alpha value is -1.18. The number of hydrogen-bond acceptors (Lipinski definition) is 4. The Balaban J connectivity index is 2.47. The molecule has 1 aliphatic rings. The summed E-state index contributed by atoms with van der Waals surface area (Å²) in [5.74, 6) is -0.635. The summed E-state index contributed by atoms with van der Waals surface area (Å²) in [5.41, 5.74) is 5.72. The third-order valence-corrected chi connectivity index (χ3v) is 6.04. The number of hydrogen-bond donors (Lipinski definition) is 2. The lowest BCUT2D eigenvalue weighted by Gasteiger charge is -2.28. The largest absolute Gasteiger partial charge is 0.399 e. The second kappa shape index (κ2) is 6.29. The lowest BCUT2D eigenvalue weighted by molar-refractivity contribution is 0.226. The smallest absolute Gasteiger partial charge is 0.243 e. The number of sulfonamides is 1. The van der Waals surface area contributed by atoms with Crippen LogP contribution in [0.5, 0.6) is 0 Å². The van der Waals surface area contributed by atoms with Gasteiger partial charge in [-0.1, -0.05) is 12.8 Å². The minimum atomic E-state index is -3.87. The molecule has 1 saturated carbocycles. The normalized spacial score (nSPS) is 16.8. The molecule has 0 aromatic heterocycles. The molecule has 0 radical (unpaired) electrons. The van der Waals surface area contributed by atoms with E-state index in [1.54, 1.807) is 0 Å². The summed E-state index contributed by atoms with van der Waals surface area (Å²) in [6.07, 6.45) is 3.46. The van der Waals surface area contributed by atoms with Crippen molar-refractivity contribution in [3.63, 3.8) is 0 Å². The summed E-state index contributed by atoms with van der Waals surface area (Å²) in [6.45, 7) is 1.18. The maximum atomic E-state index is 13.8. The van der Waals surface area contributed by atoms with Crippen LogP contribution < -0.4 is 5.73 Å². The molecule has 1 aliphatic carbocycles. The number of aliphatic hydroxyl groups excluding tert-OH is 1. The summed E-state index contributed by atoms with van der Waals surface area (Å²) in [7, 11) is -3.87. The molecule has 3 N–H and O–H groups in total. The summed E-state index contributed by atoms with van der Waals surface area (Å²) in [4.78, 5) is -0.111. The maximum absolute atomic E-state index is 13.8. The molecule has 7 heteroatoms. The van der Waals surface area contributed by atoms with E-state index in [4.69, 9.17) is 5.73 Å². The van der Waals surface area contributed by atoms with Crippen LogP contribution in [0, 0.1) is 12.7 Å². The van der Waals surface area contributed by atoms with Crippen LogP contribution in [0.15, 0.2) is 17.0 Å². The molecule has 0 aliphatic heterocycles. The summed E-state index contributed by atoms with van der Waals surface area (Å²) in [5, 5.41) is 9.18. The fourth-order valence-electron chi connectivity index (χ4n) is 2.86. The Morgan fingerprint density at radius 2 is 2.00 bits per heavy atom. The zero-order valence-corrected chi connectivity index (χ0v) is 12.9. The Labute approximate surface area is 124 Å². The molecule has 0 amide bonds. The third-order valence-electron chi connectivity index (χ3n) is 3.96. The fraction of sp³-hybridized carbons (Fsp3) is 0.571. The Bertz CT molecular complexity index is 613. The van der Waals surface area contributed by atoms with Crippen molar-refractivity contribution in [2.24, 2.45) is 0 Å². The predicted octanol–water partition coefficient (Wildman–Crippen LogP) is 1.64. The zero-order chi connectivity index (χ0) is 15.6. The van der Waals surface area contributed by atoms with Gasteiger partial charge in [0.2, 0.25) is 10.0 Å². The van der Waals surface area contributed by atoms with Crippen LogP contribution in [0.4, 0.5) is 10.1 Å². The Kier molecular flexibility index (Phi) is 4.85. The Morgan fingerprint density at radius 1 is 1.38 bits per heavy atom. The standard InChI is InChI=1S/C14H21FN2O3S/c1-10-13(15)8-11(16)9-14(10)21(19,20)17(6-7-18)12-4-2-3-5-12/h8-9,12,18H,2-7,16H2,1H3. The molecule has 2 rings (SSSR count). The van der Waals surface area contributed by atoms with Gasteiger partial charge in [0.25, 0.3) is 0 Å². The molecule has 1 aromatic rings. The van der Waals surface area contributed by atoms with Crippen molar-refractivity contribution in [1.29, 1.82) is 0 Å². The molecule has 21 heavy (non-hydrogen) atoms. The van der Waals surface area contributed by atoms with Gasteiger partial charge >= 0.3 is 0 Å². The van der Waals surface area contributed by atoms with Gasteiger partial charge in [-0.15, -0.1) is 0 Å². The fourth-order valence-corrected chi connectivity index (χ4v) is 4.81. The first kappa shape index (κ1) is 16.2. The molecule has 0 spiro atoms. The molecule has 0 bridgehead atoms. The number of aliphatic hydroxyl groups is 1. The number of nitrogens with two attached hydrogens (primary N) is 1. The van der Waals surface area contributed by atoms with E-state index in [0.29, 0.717) is 0 Å². The number of halogens is 1. The molecular weight excluding hydrogens is 295 g/mol. The quantitative estimate of drug-likeness (QED) is 0.809. The van der Waals surface area contributed by atoms with Gasteiger partial charge in [0, 0.05) is 23.8 Å². The van der Waals surface area contributed by atoms with Gasteiger partial charge in [0.1, 0.15) is 5.82 Å². The van der Waals surface area contributed by atoms with E-state index in [9.17, 15) is 17.9 Å². The van der Waals surface area contributed by atoms with E-state index >= 15 is 0 Å². The molecule has 1 fully saturated rings. The van der Waals surface area contributed by atoms with Crippen molar-refractivity contribution in [2.75, 3.05) is 18.9 Å². The number of anilines is 1.